The maximum atomic E-state index is 13.2. The molecule has 0 aliphatic carbocycles. The Morgan fingerprint density at radius 1 is 1.09 bits per heavy atom. The summed E-state index contributed by atoms with van der Waals surface area (Å²) in [6, 6.07) is 8.53. The second-order valence-corrected chi connectivity index (χ2v) is 8.83. The van der Waals surface area contributed by atoms with Crippen LogP contribution < -0.4 is 4.74 Å². The van der Waals surface area contributed by atoms with Crippen molar-refractivity contribution < 1.29 is 19.4 Å². The lowest BCUT2D eigenvalue weighted by atomic mass is 9.95. The normalized spacial score (nSPS) is 17.8. The van der Waals surface area contributed by atoms with Gasteiger partial charge in [0, 0.05) is 29.4 Å². The van der Waals surface area contributed by atoms with Gasteiger partial charge in [-0.3, -0.25) is 14.6 Å². The molecule has 0 radical (unpaired) electrons. The number of aryl methyl sites for hydroxylation is 3. The molecule has 7 heteroatoms. The van der Waals surface area contributed by atoms with E-state index < -0.39 is 17.7 Å². The minimum Gasteiger partial charge on any atom is -0.507 e. The largest absolute Gasteiger partial charge is 0.507 e. The number of carbonyl (C=O) groups excluding carboxylic acids is 2. The molecule has 0 bridgehead atoms. The van der Waals surface area contributed by atoms with Gasteiger partial charge in [-0.1, -0.05) is 0 Å². The van der Waals surface area contributed by atoms with Crippen molar-refractivity contribution in [3.05, 3.63) is 86.4 Å². The van der Waals surface area contributed by atoms with Crippen molar-refractivity contribution in [3.63, 3.8) is 0 Å². The molecule has 32 heavy (non-hydrogen) atoms. The Labute approximate surface area is 190 Å². The number of Topliss-reactive ketones (excluding diaryl/α,β-unsaturated/α-hetero) is 1. The molecule has 1 fully saturated rings. The molecule has 1 aliphatic rings. The number of thiophene rings is 1. The summed E-state index contributed by atoms with van der Waals surface area (Å²) in [7, 11) is 1.59. The van der Waals surface area contributed by atoms with Crippen LogP contribution in [0.5, 0.6) is 5.75 Å². The molecule has 3 heterocycles. The van der Waals surface area contributed by atoms with E-state index >= 15 is 0 Å². The summed E-state index contributed by atoms with van der Waals surface area (Å²) in [6.45, 7) is 5.90. The lowest BCUT2D eigenvalue weighted by Gasteiger charge is -2.25. The van der Waals surface area contributed by atoms with Crippen LogP contribution in [0.3, 0.4) is 0 Å². The van der Waals surface area contributed by atoms with E-state index in [1.807, 2.05) is 50.4 Å². The van der Waals surface area contributed by atoms with Crippen LogP contribution in [0.4, 0.5) is 0 Å². The molecule has 1 saturated heterocycles. The summed E-state index contributed by atoms with van der Waals surface area (Å²) >= 11 is 1.47. The number of aliphatic hydroxyl groups is 1. The fourth-order valence-corrected chi connectivity index (χ4v) is 5.12. The minimum atomic E-state index is -0.678. The standard InChI is InChI=1S/C25H24N2O4S/c1-14-7-10-32-24(14)21-20(22(28)18-11-16(3)19(31-4)12-15(18)2)23(29)25(30)27(21)13-17-5-8-26-9-6-17/h5-12,21,28H,13H2,1-4H3/b22-20+. The predicted octanol–water partition coefficient (Wildman–Crippen LogP) is 4.70. The van der Waals surface area contributed by atoms with Crippen LogP contribution in [0.2, 0.25) is 0 Å². The van der Waals surface area contributed by atoms with Crippen LogP contribution in [-0.4, -0.2) is 33.8 Å². The van der Waals surface area contributed by atoms with Crippen molar-refractivity contribution in [1.29, 1.82) is 0 Å². The number of aliphatic hydroxyl groups excluding tert-OH is 1. The van der Waals surface area contributed by atoms with E-state index in [1.54, 1.807) is 25.6 Å². The molecule has 4 rings (SSSR count). The molecule has 1 aliphatic heterocycles. The van der Waals surface area contributed by atoms with Crippen molar-refractivity contribution in [1.82, 2.24) is 9.88 Å². The van der Waals surface area contributed by atoms with Crippen LogP contribution in [0.25, 0.3) is 5.76 Å². The first-order valence-electron chi connectivity index (χ1n) is 10.2. The van der Waals surface area contributed by atoms with Crippen molar-refractivity contribution >= 4 is 28.8 Å². The summed E-state index contributed by atoms with van der Waals surface area (Å²) in [6.07, 6.45) is 3.31. The van der Waals surface area contributed by atoms with Gasteiger partial charge in [-0.2, -0.15) is 0 Å². The predicted molar refractivity (Wildman–Crippen MR) is 124 cm³/mol. The quantitative estimate of drug-likeness (QED) is 0.348. The van der Waals surface area contributed by atoms with Gasteiger partial charge >= 0.3 is 0 Å². The zero-order valence-electron chi connectivity index (χ0n) is 18.4. The van der Waals surface area contributed by atoms with Gasteiger partial charge in [-0.25, -0.2) is 0 Å². The fourth-order valence-electron chi connectivity index (χ4n) is 4.07. The molecule has 3 aromatic rings. The smallest absolute Gasteiger partial charge is 0.295 e. The van der Waals surface area contributed by atoms with E-state index in [1.165, 1.54) is 16.2 Å². The number of amides is 1. The van der Waals surface area contributed by atoms with Crippen LogP contribution in [-0.2, 0) is 16.1 Å². The van der Waals surface area contributed by atoms with E-state index in [9.17, 15) is 14.7 Å². The topological polar surface area (TPSA) is 79.7 Å². The Bertz CT molecular complexity index is 1230. The Balaban J connectivity index is 1.90. The van der Waals surface area contributed by atoms with Crippen LogP contribution in [0, 0.1) is 20.8 Å². The second kappa shape index (κ2) is 8.59. The van der Waals surface area contributed by atoms with Crippen LogP contribution in [0.15, 0.2) is 53.7 Å². The lowest BCUT2D eigenvalue weighted by Crippen LogP contribution is -2.29. The maximum absolute atomic E-state index is 13.2. The molecular formula is C25H24N2O4S. The highest BCUT2D eigenvalue weighted by atomic mass is 32.1. The third kappa shape index (κ3) is 3.69. The van der Waals surface area contributed by atoms with E-state index in [-0.39, 0.29) is 17.9 Å². The Morgan fingerprint density at radius 3 is 2.44 bits per heavy atom. The summed E-state index contributed by atoms with van der Waals surface area (Å²) in [5, 5.41) is 13.3. The molecule has 1 atom stereocenters. The van der Waals surface area contributed by atoms with Crippen LogP contribution >= 0.6 is 11.3 Å². The number of rotatable bonds is 5. The fraction of sp³-hybridized carbons (Fsp3) is 0.240. The highest BCUT2D eigenvalue weighted by Crippen LogP contribution is 2.44. The number of ketones is 1. The average Bonchev–Trinajstić information content (AvgIpc) is 3.31. The lowest BCUT2D eigenvalue weighted by molar-refractivity contribution is -0.140. The van der Waals surface area contributed by atoms with Gasteiger partial charge in [0.25, 0.3) is 11.7 Å². The second-order valence-electron chi connectivity index (χ2n) is 7.89. The van der Waals surface area contributed by atoms with Crippen molar-refractivity contribution in [3.8, 4) is 5.75 Å². The number of hydrogen-bond acceptors (Lipinski definition) is 6. The minimum absolute atomic E-state index is 0.113. The molecule has 0 saturated carbocycles. The van der Waals surface area contributed by atoms with Gasteiger partial charge < -0.3 is 14.7 Å². The van der Waals surface area contributed by atoms with Gasteiger partial charge in [0.1, 0.15) is 17.6 Å². The summed E-state index contributed by atoms with van der Waals surface area (Å²) in [4.78, 5) is 32.8. The Hall–Kier alpha value is -3.45. The molecule has 1 unspecified atom stereocenters. The number of aromatic nitrogens is 1. The van der Waals surface area contributed by atoms with Gasteiger partial charge in [0.15, 0.2) is 0 Å². The van der Waals surface area contributed by atoms with Crippen molar-refractivity contribution in [2.24, 2.45) is 0 Å². The number of carbonyl (C=O) groups is 2. The molecule has 1 N–H and O–H groups in total. The SMILES string of the molecule is COc1cc(C)c(/C(O)=C2\C(=O)C(=O)N(Cc3ccncc3)C2c2sccc2C)cc1C. The van der Waals surface area contributed by atoms with Gasteiger partial charge in [-0.05, 0) is 78.7 Å². The molecule has 0 spiro atoms. The van der Waals surface area contributed by atoms with E-state index in [4.69, 9.17) is 4.74 Å². The number of likely N-dealkylation sites (tertiary alicyclic amines) is 1. The van der Waals surface area contributed by atoms with E-state index in [0.29, 0.717) is 11.3 Å². The number of ether oxygens (including phenoxy) is 1. The van der Waals surface area contributed by atoms with E-state index in [0.717, 1.165) is 27.1 Å². The first kappa shape index (κ1) is 21.8. The van der Waals surface area contributed by atoms with Crippen LogP contribution in [0.1, 0.15) is 38.7 Å². The average molecular weight is 449 g/mol. The van der Waals surface area contributed by atoms with E-state index in [2.05, 4.69) is 4.98 Å². The summed E-state index contributed by atoms with van der Waals surface area (Å²) < 4.78 is 5.37. The molecule has 6 nitrogen and oxygen atoms in total. The van der Waals surface area contributed by atoms with Gasteiger partial charge in [0.05, 0.1) is 12.7 Å². The van der Waals surface area contributed by atoms with Crippen molar-refractivity contribution in [2.45, 2.75) is 33.4 Å². The highest BCUT2D eigenvalue weighted by Gasteiger charge is 2.47. The molecule has 2 aromatic heterocycles. The monoisotopic (exact) mass is 448 g/mol. The number of methoxy groups -OCH3 is 1. The zero-order chi connectivity index (χ0) is 23.0. The molecule has 1 amide bonds. The van der Waals surface area contributed by atoms with Crippen molar-refractivity contribution in [2.75, 3.05) is 7.11 Å². The first-order chi connectivity index (χ1) is 15.3. The van der Waals surface area contributed by atoms with Gasteiger partial charge in [-0.15, -0.1) is 11.3 Å². The molecular weight excluding hydrogens is 424 g/mol. The third-order valence-corrected chi connectivity index (χ3v) is 6.86. The Kier molecular flexibility index (Phi) is 5.84. The molecule has 1 aromatic carbocycles. The number of pyridine rings is 1. The number of benzene rings is 1. The van der Waals surface area contributed by atoms with Gasteiger partial charge in [0.2, 0.25) is 0 Å². The molecule has 164 valence electrons. The third-order valence-electron chi connectivity index (χ3n) is 5.79. The maximum Gasteiger partial charge on any atom is 0.295 e. The number of hydrogen-bond donors (Lipinski definition) is 1. The zero-order valence-corrected chi connectivity index (χ0v) is 19.2. The summed E-state index contributed by atoms with van der Waals surface area (Å²) in [5.41, 5.74) is 4.04. The highest BCUT2D eigenvalue weighted by molar-refractivity contribution is 7.10. The Morgan fingerprint density at radius 2 is 1.81 bits per heavy atom. The first-order valence-corrected chi connectivity index (χ1v) is 11.1. The summed E-state index contributed by atoms with van der Waals surface area (Å²) in [5.74, 6) is -0.768. The number of nitrogens with zero attached hydrogens (tertiary/aromatic N) is 2.